The van der Waals surface area contributed by atoms with Crippen LogP contribution in [0.2, 0.25) is 0 Å². The molecule has 3 aromatic carbocycles. The summed E-state index contributed by atoms with van der Waals surface area (Å²) in [5, 5.41) is 5.51. The number of esters is 1. The predicted molar refractivity (Wildman–Crippen MR) is 132 cm³/mol. The Labute approximate surface area is 213 Å². The first-order chi connectivity index (χ1) is 17.9. The third-order valence-corrected chi connectivity index (χ3v) is 5.91. The summed E-state index contributed by atoms with van der Waals surface area (Å²) in [6, 6.07) is 16.1. The van der Waals surface area contributed by atoms with E-state index in [2.05, 4.69) is 10.6 Å². The zero-order valence-corrected chi connectivity index (χ0v) is 20.3. The van der Waals surface area contributed by atoms with E-state index < -0.39 is 29.7 Å². The SMILES string of the molecule is COc1ccc(C2NC(=O)NC(CCc3cccc(OC)c3)=C2C(=O)OCc2cc(F)cc(F)c2)cc1. The van der Waals surface area contributed by atoms with Crippen LogP contribution in [0.5, 0.6) is 11.5 Å². The number of methoxy groups -OCH3 is 2. The largest absolute Gasteiger partial charge is 0.497 e. The van der Waals surface area contributed by atoms with Gasteiger partial charge in [0.1, 0.15) is 29.7 Å². The normalized spacial score (nSPS) is 15.0. The van der Waals surface area contributed by atoms with Gasteiger partial charge in [0.15, 0.2) is 0 Å². The summed E-state index contributed by atoms with van der Waals surface area (Å²) in [6.45, 7) is -0.344. The maximum atomic E-state index is 13.6. The van der Waals surface area contributed by atoms with E-state index in [1.807, 2.05) is 24.3 Å². The molecule has 1 aliphatic heterocycles. The highest BCUT2D eigenvalue weighted by atomic mass is 19.1. The van der Waals surface area contributed by atoms with E-state index in [1.165, 1.54) is 7.11 Å². The van der Waals surface area contributed by atoms with Crippen molar-refractivity contribution in [3.8, 4) is 11.5 Å². The Kier molecular flexibility index (Phi) is 8.02. The van der Waals surface area contributed by atoms with E-state index in [-0.39, 0.29) is 17.7 Å². The monoisotopic (exact) mass is 508 g/mol. The van der Waals surface area contributed by atoms with Crippen LogP contribution >= 0.6 is 0 Å². The van der Waals surface area contributed by atoms with Crippen LogP contribution in [0.25, 0.3) is 0 Å². The number of carbonyl (C=O) groups is 2. The van der Waals surface area contributed by atoms with Crippen LogP contribution in [-0.2, 0) is 22.6 Å². The summed E-state index contributed by atoms with van der Waals surface area (Å²) in [5.74, 6) is -0.958. The van der Waals surface area contributed by atoms with Gasteiger partial charge in [0.2, 0.25) is 0 Å². The molecule has 1 aliphatic rings. The summed E-state index contributed by atoms with van der Waals surface area (Å²) in [5.41, 5.74) is 2.34. The standard InChI is InChI=1S/C28H26F2N2O5/c1-35-22-9-7-19(8-10-22)26-25(27(33)37-16-18-12-20(29)15-21(30)13-18)24(31-28(34)32-26)11-6-17-4-3-5-23(14-17)36-2/h3-5,7-10,12-15,26H,6,11,16H2,1-2H3,(H2,31,32,34). The molecule has 1 atom stereocenters. The number of nitrogens with one attached hydrogen (secondary N) is 2. The quantitative estimate of drug-likeness (QED) is 0.399. The van der Waals surface area contributed by atoms with Gasteiger partial charge in [-0.3, -0.25) is 0 Å². The number of hydrogen-bond donors (Lipinski definition) is 2. The number of carbonyl (C=O) groups excluding carboxylic acids is 2. The van der Waals surface area contributed by atoms with Gasteiger partial charge in [-0.2, -0.15) is 0 Å². The van der Waals surface area contributed by atoms with Gasteiger partial charge < -0.3 is 24.8 Å². The van der Waals surface area contributed by atoms with Crippen LogP contribution in [-0.4, -0.2) is 26.2 Å². The van der Waals surface area contributed by atoms with Gasteiger partial charge in [0, 0.05) is 11.8 Å². The molecule has 0 saturated carbocycles. The van der Waals surface area contributed by atoms with Crippen LogP contribution in [0.4, 0.5) is 13.6 Å². The van der Waals surface area contributed by atoms with Crippen molar-refractivity contribution >= 4 is 12.0 Å². The van der Waals surface area contributed by atoms with Crippen molar-refractivity contribution in [3.05, 3.63) is 106 Å². The van der Waals surface area contributed by atoms with Crippen molar-refractivity contribution in [3.63, 3.8) is 0 Å². The van der Waals surface area contributed by atoms with Crippen molar-refractivity contribution in [2.24, 2.45) is 0 Å². The average Bonchev–Trinajstić information content (AvgIpc) is 2.90. The van der Waals surface area contributed by atoms with E-state index in [0.717, 1.165) is 23.8 Å². The molecular weight excluding hydrogens is 482 g/mol. The second-order valence-electron chi connectivity index (χ2n) is 8.40. The molecule has 0 bridgehead atoms. The number of benzene rings is 3. The molecule has 0 aromatic heterocycles. The smallest absolute Gasteiger partial charge is 0.338 e. The van der Waals surface area contributed by atoms with E-state index in [9.17, 15) is 18.4 Å². The van der Waals surface area contributed by atoms with Crippen LogP contribution in [0, 0.1) is 11.6 Å². The van der Waals surface area contributed by atoms with Crippen molar-refractivity contribution < 1.29 is 32.6 Å². The molecular formula is C28H26F2N2O5. The van der Waals surface area contributed by atoms with Crippen LogP contribution in [0.1, 0.15) is 29.2 Å². The molecule has 0 saturated heterocycles. The molecule has 1 heterocycles. The molecule has 2 amide bonds. The number of aryl methyl sites for hydroxylation is 1. The number of ether oxygens (including phenoxy) is 3. The van der Waals surface area contributed by atoms with Crippen LogP contribution in [0.3, 0.4) is 0 Å². The van der Waals surface area contributed by atoms with Crippen molar-refractivity contribution in [2.45, 2.75) is 25.5 Å². The molecule has 9 heteroatoms. The molecule has 2 N–H and O–H groups in total. The lowest BCUT2D eigenvalue weighted by molar-refractivity contribution is -0.140. The number of hydrogen-bond acceptors (Lipinski definition) is 5. The van der Waals surface area contributed by atoms with Crippen molar-refractivity contribution in [1.29, 1.82) is 0 Å². The summed E-state index contributed by atoms with van der Waals surface area (Å²) in [4.78, 5) is 26.0. The van der Waals surface area contributed by atoms with E-state index in [0.29, 0.717) is 35.6 Å². The van der Waals surface area contributed by atoms with Gasteiger partial charge in [-0.1, -0.05) is 24.3 Å². The summed E-state index contributed by atoms with van der Waals surface area (Å²) >= 11 is 0. The van der Waals surface area contributed by atoms with E-state index >= 15 is 0 Å². The first-order valence-electron chi connectivity index (χ1n) is 11.6. The zero-order valence-electron chi connectivity index (χ0n) is 20.3. The number of rotatable bonds is 9. The number of allylic oxidation sites excluding steroid dienone is 1. The van der Waals surface area contributed by atoms with E-state index in [1.54, 1.807) is 31.4 Å². The third-order valence-electron chi connectivity index (χ3n) is 5.91. The average molecular weight is 509 g/mol. The molecule has 1 unspecified atom stereocenters. The lowest BCUT2D eigenvalue weighted by Crippen LogP contribution is -2.46. The molecule has 0 radical (unpaired) electrons. The van der Waals surface area contributed by atoms with Gasteiger partial charge >= 0.3 is 12.0 Å². The summed E-state index contributed by atoms with van der Waals surface area (Å²) in [7, 11) is 3.11. The van der Waals surface area contributed by atoms with Gasteiger partial charge in [0.05, 0.1) is 25.8 Å². The summed E-state index contributed by atoms with van der Waals surface area (Å²) in [6.07, 6.45) is 0.834. The topological polar surface area (TPSA) is 85.9 Å². The van der Waals surface area contributed by atoms with Crippen LogP contribution in [0.15, 0.2) is 78.0 Å². The Morgan fingerprint density at radius 1 is 0.865 bits per heavy atom. The lowest BCUT2D eigenvalue weighted by atomic mass is 9.93. The Morgan fingerprint density at radius 2 is 1.57 bits per heavy atom. The van der Waals surface area contributed by atoms with Crippen LogP contribution < -0.4 is 20.1 Å². The van der Waals surface area contributed by atoms with Gasteiger partial charge in [-0.05, 0) is 65.9 Å². The second kappa shape index (κ2) is 11.6. The fourth-order valence-corrected chi connectivity index (χ4v) is 4.12. The van der Waals surface area contributed by atoms with Gasteiger partial charge in [0.25, 0.3) is 0 Å². The molecule has 0 spiro atoms. The minimum Gasteiger partial charge on any atom is -0.497 e. The number of amides is 2. The van der Waals surface area contributed by atoms with E-state index in [4.69, 9.17) is 14.2 Å². The van der Waals surface area contributed by atoms with Crippen molar-refractivity contribution in [1.82, 2.24) is 10.6 Å². The third kappa shape index (κ3) is 6.43. The van der Waals surface area contributed by atoms with Gasteiger partial charge in [-0.25, -0.2) is 18.4 Å². The highest BCUT2D eigenvalue weighted by molar-refractivity contribution is 5.95. The zero-order chi connectivity index (χ0) is 26.4. The first-order valence-corrected chi connectivity index (χ1v) is 11.6. The molecule has 4 rings (SSSR count). The Hall–Kier alpha value is -4.40. The minimum absolute atomic E-state index is 0.165. The second-order valence-corrected chi connectivity index (χ2v) is 8.40. The molecule has 0 fully saturated rings. The highest BCUT2D eigenvalue weighted by Crippen LogP contribution is 2.31. The van der Waals surface area contributed by atoms with Crippen molar-refractivity contribution in [2.75, 3.05) is 14.2 Å². The molecule has 7 nitrogen and oxygen atoms in total. The maximum Gasteiger partial charge on any atom is 0.338 e. The first kappa shape index (κ1) is 25.7. The Balaban J connectivity index is 1.65. The Bertz CT molecular complexity index is 1300. The minimum atomic E-state index is -0.809. The Morgan fingerprint density at radius 3 is 2.24 bits per heavy atom. The number of urea groups is 1. The van der Waals surface area contributed by atoms with Gasteiger partial charge in [-0.15, -0.1) is 0 Å². The lowest BCUT2D eigenvalue weighted by Gasteiger charge is -2.29. The molecule has 192 valence electrons. The summed E-state index contributed by atoms with van der Waals surface area (Å²) < 4.78 is 43.2. The maximum absolute atomic E-state index is 13.6. The predicted octanol–water partition coefficient (Wildman–Crippen LogP) is 4.97. The molecule has 37 heavy (non-hydrogen) atoms. The fourth-order valence-electron chi connectivity index (χ4n) is 4.12. The molecule has 0 aliphatic carbocycles. The fraction of sp³-hybridized carbons (Fsp3) is 0.214. The number of halogens is 2. The molecule has 3 aromatic rings. The highest BCUT2D eigenvalue weighted by Gasteiger charge is 2.33.